The monoisotopic (exact) mass is 257 g/mol. The zero-order valence-corrected chi connectivity index (χ0v) is 10.6. The lowest BCUT2D eigenvalue weighted by Gasteiger charge is -2.09. The zero-order chi connectivity index (χ0) is 11.5. The average molecular weight is 258 g/mol. The third kappa shape index (κ3) is 2.81. The van der Waals surface area contributed by atoms with E-state index in [0.717, 1.165) is 4.34 Å². The van der Waals surface area contributed by atoms with Crippen molar-refractivity contribution in [2.24, 2.45) is 0 Å². The summed E-state index contributed by atoms with van der Waals surface area (Å²) in [4.78, 5) is 5.32. The maximum Gasteiger partial charge on any atom is 0.223 e. The van der Waals surface area contributed by atoms with E-state index in [0.29, 0.717) is 18.3 Å². The molecule has 1 atom stereocenters. The lowest BCUT2D eigenvalue weighted by Crippen LogP contribution is -2.17. The highest BCUT2D eigenvalue weighted by atomic mass is 35.5. The highest BCUT2D eigenvalue weighted by molar-refractivity contribution is 7.16. The van der Waals surface area contributed by atoms with Gasteiger partial charge in [0.05, 0.1) is 10.9 Å². The fourth-order valence-corrected chi connectivity index (χ4v) is 2.41. The minimum Gasteiger partial charge on any atom is -0.340 e. The minimum absolute atomic E-state index is 0.233. The molecule has 0 fully saturated rings. The van der Waals surface area contributed by atoms with Gasteiger partial charge in [0.15, 0.2) is 5.82 Å². The fourth-order valence-electron chi connectivity index (χ4n) is 1.32. The predicted molar refractivity (Wildman–Crippen MR) is 63.6 cm³/mol. The second-order valence-corrected chi connectivity index (χ2v) is 5.22. The van der Waals surface area contributed by atoms with Crippen molar-refractivity contribution < 1.29 is 4.52 Å². The van der Waals surface area contributed by atoms with Gasteiger partial charge in [0.1, 0.15) is 0 Å². The second-order valence-electron chi connectivity index (χ2n) is 3.47. The van der Waals surface area contributed by atoms with Gasteiger partial charge < -0.3 is 9.84 Å². The van der Waals surface area contributed by atoms with Crippen molar-refractivity contribution in [1.29, 1.82) is 0 Å². The molecule has 0 radical (unpaired) electrons. The molecular weight excluding hydrogens is 246 g/mol. The maximum absolute atomic E-state index is 5.88. The van der Waals surface area contributed by atoms with Crippen LogP contribution >= 0.6 is 22.9 Å². The number of aromatic nitrogens is 2. The Morgan fingerprint density at radius 1 is 1.56 bits per heavy atom. The van der Waals surface area contributed by atoms with Gasteiger partial charge in [0.2, 0.25) is 5.89 Å². The molecule has 16 heavy (non-hydrogen) atoms. The van der Waals surface area contributed by atoms with Crippen LogP contribution in [0.1, 0.15) is 29.6 Å². The summed E-state index contributed by atoms with van der Waals surface area (Å²) in [6.07, 6.45) is 0. The predicted octanol–water partition coefficient (Wildman–Crippen LogP) is 2.94. The number of thiophene rings is 1. The topological polar surface area (TPSA) is 51.0 Å². The average Bonchev–Trinajstić information content (AvgIpc) is 2.84. The van der Waals surface area contributed by atoms with Crippen LogP contribution in [0.2, 0.25) is 4.34 Å². The summed E-state index contributed by atoms with van der Waals surface area (Å²) in [5.41, 5.74) is 0. The Morgan fingerprint density at radius 2 is 2.38 bits per heavy atom. The van der Waals surface area contributed by atoms with Crippen LogP contribution in [0.3, 0.4) is 0 Å². The van der Waals surface area contributed by atoms with Gasteiger partial charge in [0, 0.05) is 17.8 Å². The molecule has 6 heteroatoms. The Bertz CT molecular complexity index is 468. The van der Waals surface area contributed by atoms with E-state index in [9.17, 15) is 0 Å². The molecule has 0 amide bonds. The smallest absolute Gasteiger partial charge is 0.223 e. The van der Waals surface area contributed by atoms with Crippen molar-refractivity contribution in [3.63, 3.8) is 0 Å². The number of halogens is 1. The summed E-state index contributed by atoms with van der Waals surface area (Å²) in [5.74, 6) is 1.26. The van der Waals surface area contributed by atoms with Crippen molar-refractivity contribution in [1.82, 2.24) is 15.5 Å². The van der Waals surface area contributed by atoms with Gasteiger partial charge in [-0.05, 0) is 19.1 Å². The molecule has 0 bridgehead atoms. The lowest BCUT2D eigenvalue weighted by atomic mass is 10.3. The number of nitrogens with one attached hydrogen (secondary N) is 1. The van der Waals surface area contributed by atoms with Gasteiger partial charge in [-0.1, -0.05) is 16.8 Å². The first kappa shape index (κ1) is 11.6. The van der Waals surface area contributed by atoms with E-state index in [2.05, 4.69) is 22.4 Å². The summed E-state index contributed by atoms with van der Waals surface area (Å²) in [6, 6.07) is 4.15. The first-order valence-corrected chi connectivity index (χ1v) is 6.12. The number of hydrogen-bond donors (Lipinski definition) is 1. The van der Waals surface area contributed by atoms with E-state index in [1.165, 1.54) is 4.88 Å². The molecule has 0 unspecified atom stereocenters. The Morgan fingerprint density at radius 3 is 2.94 bits per heavy atom. The van der Waals surface area contributed by atoms with Crippen molar-refractivity contribution in [3.8, 4) is 0 Å². The molecule has 0 saturated carbocycles. The molecule has 2 heterocycles. The zero-order valence-electron chi connectivity index (χ0n) is 9.03. The van der Waals surface area contributed by atoms with Crippen molar-refractivity contribution in [2.75, 3.05) is 0 Å². The molecule has 2 aromatic heterocycles. The Hall–Kier alpha value is -0.910. The first-order chi connectivity index (χ1) is 7.65. The molecule has 4 nitrogen and oxygen atoms in total. The number of aryl methyl sites for hydroxylation is 1. The van der Waals surface area contributed by atoms with Crippen molar-refractivity contribution in [2.45, 2.75) is 26.4 Å². The van der Waals surface area contributed by atoms with Crippen molar-refractivity contribution >= 4 is 22.9 Å². The minimum atomic E-state index is 0.233. The molecular formula is C10H12ClN3OS. The Balaban J connectivity index is 1.91. The van der Waals surface area contributed by atoms with Crippen LogP contribution in [0.4, 0.5) is 0 Å². The van der Waals surface area contributed by atoms with Gasteiger partial charge in [-0.3, -0.25) is 0 Å². The second kappa shape index (κ2) is 4.95. The summed E-state index contributed by atoms with van der Waals surface area (Å²) in [7, 11) is 0. The number of nitrogens with zero attached hydrogens (tertiary/aromatic N) is 2. The first-order valence-electron chi connectivity index (χ1n) is 4.93. The Labute approximate surface area is 103 Å². The van der Waals surface area contributed by atoms with Crippen LogP contribution < -0.4 is 5.32 Å². The normalized spacial score (nSPS) is 12.9. The van der Waals surface area contributed by atoms with Crippen LogP contribution in [0.5, 0.6) is 0 Å². The van der Waals surface area contributed by atoms with Gasteiger partial charge in [-0.25, -0.2) is 0 Å². The SMILES string of the molecule is Cc1nc(CN[C@H](C)c2ccc(Cl)s2)no1. The quantitative estimate of drug-likeness (QED) is 0.915. The molecule has 2 rings (SSSR count). The molecule has 0 aliphatic heterocycles. The molecule has 0 aliphatic rings. The molecule has 0 aliphatic carbocycles. The Kier molecular flexibility index (Phi) is 3.58. The van der Waals surface area contributed by atoms with Crippen LogP contribution in [0.25, 0.3) is 0 Å². The molecule has 86 valence electrons. The summed E-state index contributed by atoms with van der Waals surface area (Å²) >= 11 is 7.45. The maximum atomic E-state index is 5.88. The lowest BCUT2D eigenvalue weighted by molar-refractivity contribution is 0.384. The highest BCUT2D eigenvalue weighted by Crippen LogP contribution is 2.26. The molecule has 2 aromatic rings. The molecule has 1 N–H and O–H groups in total. The van der Waals surface area contributed by atoms with E-state index in [4.69, 9.17) is 16.1 Å². The van der Waals surface area contributed by atoms with E-state index in [1.54, 1.807) is 18.3 Å². The van der Waals surface area contributed by atoms with E-state index in [1.807, 2.05) is 12.1 Å². The molecule has 0 spiro atoms. The van der Waals surface area contributed by atoms with Gasteiger partial charge >= 0.3 is 0 Å². The summed E-state index contributed by atoms with van der Waals surface area (Å²) < 4.78 is 5.69. The van der Waals surface area contributed by atoms with Crippen LogP contribution in [-0.4, -0.2) is 10.1 Å². The molecule has 0 aromatic carbocycles. The van der Waals surface area contributed by atoms with Gasteiger partial charge in [-0.15, -0.1) is 11.3 Å². The van der Waals surface area contributed by atoms with Crippen LogP contribution in [0, 0.1) is 6.92 Å². The fraction of sp³-hybridized carbons (Fsp3) is 0.400. The number of hydrogen-bond acceptors (Lipinski definition) is 5. The third-order valence-electron chi connectivity index (χ3n) is 2.16. The van der Waals surface area contributed by atoms with Crippen LogP contribution in [0.15, 0.2) is 16.7 Å². The van der Waals surface area contributed by atoms with E-state index in [-0.39, 0.29) is 6.04 Å². The van der Waals surface area contributed by atoms with Crippen LogP contribution in [-0.2, 0) is 6.54 Å². The largest absolute Gasteiger partial charge is 0.340 e. The van der Waals surface area contributed by atoms with Gasteiger partial charge in [-0.2, -0.15) is 4.98 Å². The third-order valence-corrected chi connectivity index (χ3v) is 3.57. The highest BCUT2D eigenvalue weighted by Gasteiger charge is 2.09. The molecule has 0 saturated heterocycles. The van der Waals surface area contributed by atoms with E-state index >= 15 is 0 Å². The standard InChI is InChI=1S/C10H12ClN3OS/c1-6(8-3-4-9(11)16-8)12-5-10-13-7(2)15-14-10/h3-4,6,12H,5H2,1-2H3/t6-/m1/s1. The van der Waals surface area contributed by atoms with Gasteiger partial charge in [0.25, 0.3) is 0 Å². The summed E-state index contributed by atoms with van der Waals surface area (Å²) in [5, 5.41) is 7.12. The summed E-state index contributed by atoms with van der Waals surface area (Å²) in [6.45, 7) is 4.45. The number of rotatable bonds is 4. The van der Waals surface area contributed by atoms with E-state index < -0.39 is 0 Å². The van der Waals surface area contributed by atoms with Crippen molar-refractivity contribution in [3.05, 3.63) is 33.1 Å².